The first-order valence-electron chi connectivity index (χ1n) is 5.79. The number of aliphatic hydroxyl groups excluding tert-OH is 1. The molecule has 0 amide bonds. The Morgan fingerprint density at radius 1 is 1.17 bits per heavy atom. The van der Waals surface area contributed by atoms with Crippen molar-refractivity contribution in [3.05, 3.63) is 64.6 Å². The van der Waals surface area contributed by atoms with Crippen molar-refractivity contribution < 1.29 is 10.2 Å². The summed E-state index contributed by atoms with van der Waals surface area (Å²) in [5.41, 5.74) is 0.470. The lowest BCUT2D eigenvalue weighted by Crippen LogP contribution is -2.08. The van der Waals surface area contributed by atoms with E-state index in [1.165, 1.54) is 12.3 Å². The minimum atomic E-state index is -0.548. The molecule has 2 aromatic rings. The molecule has 1 aromatic heterocycles. The van der Waals surface area contributed by atoms with Crippen molar-refractivity contribution in [2.45, 2.75) is 19.1 Å². The SMILES string of the molecule is O=c1ccn(CCC(O)c2ccccc2)cc1O. The van der Waals surface area contributed by atoms with E-state index in [-0.39, 0.29) is 5.75 Å². The number of pyridine rings is 1. The Kier molecular flexibility index (Phi) is 3.79. The summed E-state index contributed by atoms with van der Waals surface area (Å²) < 4.78 is 1.68. The van der Waals surface area contributed by atoms with Crippen LogP contribution in [-0.4, -0.2) is 14.8 Å². The molecular formula is C14H15NO3. The van der Waals surface area contributed by atoms with Crippen LogP contribution in [0.2, 0.25) is 0 Å². The van der Waals surface area contributed by atoms with Crippen molar-refractivity contribution in [2.75, 3.05) is 0 Å². The number of hydrogen-bond donors (Lipinski definition) is 2. The second-order valence-corrected chi connectivity index (χ2v) is 4.15. The van der Waals surface area contributed by atoms with Crippen LogP contribution in [0.15, 0.2) is 53.6 Å². The minimum absolute atomic E-state index is 0.272. The molecule has 1 unspecified atom stereocenters. The van der Waals surface area contributed by atoms with Crippen LogP contribution in [0.1, 0.15) is 18.1 Å². The average molecular weight is 245 g/mol. The molecule has 2 N–H and O–H groups in total. The van der Waals surface area contributed by atoms with Crippen molar-refractivity contribution in [1.82, 2.24) is 4.57 Å². The molecule has 1 aromatic carbocycles. The van der Waals surface area contributed by atoms with Crippen molar-refractivity contribution in [1.29, 1.82) is 0 Å². The predicted molar refractivity (Wildman–Crippen MR) is 68.4 cm³/mol. The smallest absolute Gasteiger partial charge is 0.223 e. The summed E-state index contributed by atoms with van der Waals surface area (Å²) in [6.07, 6.45) is 2.94. The molecule has 4 heteroatoms. The normalized spacial score (nSPS) is 12.3. The maximum atomic E-state index is 11.0. The van der Waals surface area contributed by atoms with Gasteiger partial charge in [-0.15, -0.1) is 0 Å². The molecule has 0 bridgehead atoms. The molecule has 0 aliphatic rings. The van der Waals surface area contributed by atoms with Gasteiger partial charge in [0.25, 0.3) is 0 Å². The zero-order valence-electron chi connectivity index (χ0n) is 9.86. The van der Waals surface area contributed by atoms with Gasteiger partial charge in [-0.2, -0.15) is 0 Å². The Morgan fingerprint density at radius 2 is 1.89 bits per heavy atom. The van der Waals surface area contributed by atoms with E-state index in [9.17, 15) is 15.0 Å². The van der Waals surface area contributed by atoms with Crippen molar-refractivity contribution in [2.24, 2.45) is 0 Å². The molecule has 1 heterocycles. The number of aromatic hydroxyl groups is 1. The van der Waals surface area contributed by atoms with Gasteiger partial charge in [0.1, 0.15) is 0 Å². The summed E-state index contributed by atoms with van der Waals surface area (Å²) in [6, 6.07) is 10.7. The van der Waals surface area contributed by atoms with E-state index in [0.29, 0.717) is 13.0 Å². The molecule has 0 saturated heterocycles. The summed E-state index contributed by atoms with van der Waals surface area (Å²) in [5, 5.41) is 19.3. The zero-order chi connectivity index (χ0) is 13.0. The third kappa shape index (κ3) is 2.99. The summed E-state index contributed by atoms with van der Waals surface area (Å²) in [6.45, 7) is 0.532. The van der Waals surface area contributed by atoms with Gasteiger partial charge in [-0.1, -0.05) is 30.3 Å². The summed E-state index contributed by atoms with van der Waals surface area (Å²) in [5.74, 6) is -0.272. The first-order chi connectivity index (χ1) is 8.66. The summed E-state index contributed by atoms with van der Waals surface area (Å²) >= 11 is 0. The molecule has 4 nitrogen and oxygen atoms in total. The zero-order valence-corrected chi connectivity index (χ0v) is 9.86. The molecule has 0 fully saturated rings. The fourth-order valence-corrected chi connectivity index (χ4v) is 1.76. The number of benzene rings is 1. The lowest BCUT2D eigenvalue weighted by Gasteiger charge is -2.12. The lowest BCUT2D eigenvalue weighted by atomic mass is 10.1. The molecule has 0 aliphatic carbocycles. The highest BCUT2D eigenvalue weighted by Crippen LogP contribution is 2.16. The van der Waals surface area contributed by atoms with Crippen LogP contribution < -0.4 is 5.43 Å². The second kappa shape index (κ2) is 5.51. The maximum absolute atomic E-state index is 11.0. The van der Waals surface area contributed by atoms with E-state index in [0.717, 1.165) is 5.56 Å². The van der Waals surface area contributed by atoms with Crippen LogP contribution >= 0.6 is 0 Å². The van der Waals surface area contributed by atoms with E-state index >= 15 is 0 Å². The highest BCUT2D eigenvalue weighted by Gasteiger charge is 2.06. The first kappa shape index (κ1) is 12.4. The van der Waals surface area contributed by atoms with Crippen LogP contribution in [0.5, 0.6) is 5.75 Å². The minimum Gasteiger partial charge on any atom is -0.503 e. The largest absolute Gasteiger partial charge is 0.503 e. The van der Waals surface area contributed by atoms with Gasteiger partial charge in [-0.05, 0) is 12.0 Å². The van der Waals surface area contributed by atoms with E-state index in [4.69, 9.17) is 0 Å². The van der Waals surface area contributed by atoms with E-state index in [1.807, 2.05) is 30.3 Å². The second-order valence-electron chi connectivity index (χ2n) is 4.15. The Hall–Kier alpha value is -2.07. The van der Waals surface area contributed by atoms with Crippen LogP contribution in [-0.2, 0) is 6.54 Å². The van der Waals surface area contributed by atoms with E-state index < -0.39 is 11.5 Å². The van der Waals surface area contributed by atoms with Gasteiger partial charge in [-0.25, -0.2) is 0 Å². The fourth-order valence-electron chi connectivity index (χ4n) is 1.76. The third-order valence-electron chi connectivity index (χ3n) is 2.80. The molecule has 2 rings (SSSR count). The number of aryl methyl sites for hydroxylation is 1. The quantitative estimate of drug-likeness (QED) is 0.861. The van der Waals surface area contributed by atoms with Gasteiger partial charge >= 0.3 is 0 Å². The molecule has 0 saturated carbocycles. The first-order valence-corrected chi connectivity index (χ1v) is 5.79. The molecule has 0 aliphatic heterocycles. The number of hydrogen-bond acceptors (Lipinski definition) is 3. The van der Waals surface area contributed by atoms with Crippen LogP contribution in [0.4, 0.5) is 0 Å². The van der Waals surface area contributed by atoms with Gasteiger partial charge in [0, 0.05) is 25.0 Å². The average Bonchev–Trinajstić information content (AvgIpc) is 2.41. The number of aromatic nitrogens is 1. The number of nitrogens with zero attached hydrogens (tertiary/aromatic N) is 1. The highest BCUT2D eigenvalue weighted by atomic mass is 16.3. The van der Waals surface area contributed by atoms with Gasteiger partial charge in [0.15, 0.2) is 5.75 Å². The summed E-state index contributed by atoms with van der Waals surface area (Å²) in [4.78, 5) is 11.0. The Morgan fingerprint density at radius 3 is 2.56 bits per heavy atom. The fraction of sp³-hybridized carbons (Fsp3) is 0.214. The van der Waals surface area contributed by atoms with E-state index in [1.54, 1.807) is 10.8 Å². The number of rotatable bonds is 4. The summed E-state index contributed by atoms with van der Waals surface area (Å²) in [7, 11) is 0. The molecule has 94 valence electrons. The van der Waals surface area contributed by atoms with Crippen molar-refractivity contribution in [3.8, 4) is 5.75 Å². The maximum Gasteiger partial charge on any atom is 0.223 e. The van der Waals surface area contributed by atoms with Gasteiger partial charge in [-0.3, -0.25) is 4.79 Å². The molecule has 18 heavy (non-hydrogen) atoms. The van der Waals surface area contributed by atoms with Crippen molar-refractivity contribution in [3.63, 3.8) is 0 Å². The van der Waals surface area contributed by atoms with Crippen LogP contribution in [0.3, 0.4) is 0 Å². The Balaban J connectivity index is 1.99. The molecule has 1 atom stereocenters. The topological polar surface area (TPSA) is 62.5 Å². The molecule has 0 radical (unpaired) electrons. The Labute approximate surface area is 105 Å². The molecule has 0 spiro atoms. The Bertz CT molecular complexity index is 563. The standard InChI is InChI=1S/C14H15NO3/c16-12(11-4-2-1-3-5-11)6-8-15-9-7-13(17)14(18)10-15/h1-5,7,9-10,12,16,18H,6,8H2. The highest BCUT2D eigenvalue weighted by molar-refractivity contribution is 5.17. The van der Waals surface area contributed by atoms with Gasteiger partial charge in [0.05, 0.1) is 6.10 Å². The number of aliphatic hydroxyl groups is 1. The predicted octanol–water partition coefficient (Wildman–Crippen LogP) is 1.68. The van der Waals surface area contributed by atoms with Crippen molar-refractivity contribution >= 4 is 0 Å². The van der Waals surface area contributed by atoms with Crippen LogP contribution in [0.25, 0.3) is 0 Å². The van der Waals surface area contributed by atoms with E-state index in [2.05, 4.69) is 0 Å². The van der Waals surface area contributed by atoms with Crippen LogP contribution in [0, 0.1) is 0 Å². The van der Waals surface area contributed by atoms with Gasteiger partial charge < -0.3 is 14.8 Å². The molecular weight excluding hydrogens is 230 g/mol. The lowest BCUT2D eigenvalue weighted by molar-refractivity contribution is 0.161. The van der Waals surface area contributed by atoms with Gasteiger partial charge in [0.2, 0.25) is 5.43 Å². The third-order valence-corrected chi connectivity index (χ3v) is 2.80. The monoisotopic (exact) mass is 245 g/mol.